The molecule has 2 rings (SSSR count). The molecule has 0 spiro atoms. The highest BCUT2D eigenvalue weighted by Crippen LogP contribution is 2.27. The van der Waals surface area contributed by atoms with Crippen LogP contribution in [0.4, 0.5) is 0 Å². The zero-order valence-corrected chi connectivity index (χ0v) is 12.4. The number of benzene rings is 2. The van der Waals surface area contributed by atoms with Gasteiger partial charge in [0.1, 0.15) is 0 Å². The largest absolute Gasteiger partial charge is 0.294 e. The summed E-state index contributed by atoms with van der Waals surface area (Å²) in [5.74, 6) is 0.516. The Morgan fingerprint density at radius 1 is 1.00 bits per heavy atom. The van der Waals surface area contributed by atoms with Gasteiger partial charge in [-0.25, -0.2) is 0 Å². The van der Waals surface area contributed by atoms with Gasteiger partial charge in [-0.3, -0.25) is 4.79 Å². The monoisotopic (exact) mass is 278 g/mol. The zero-order valence-electron chi connectivity index (χ0n) is 12.4. The Morgan fingerprint density at radius 2 is 1.62 bits per heavy atom. The fraction of sp³-hybridized carbons (Fsp3) is 0.250. The second kappa shape index (κ2) is 8.21. The number of Topliss-reactive ketones (excluding diaryl/α,β-unsaturated/α-hetero) is 1. The topological polar surface area (TPSA) is 17.1 Å². The van der Waals surface area contributed by atoms with E-state index in [0.29, 0.717) is 12.3 Å². The minimum Gasteiger partial charge on any atom is -0.294 e. The molecule has 0 saturated carbocycles. The van der Waals surface area contributed by atoms with Crippen molar-refractivity contribution < 1.29 is 4.79 Å². The molecule has 1 heteroatoms. The molecule has 1 nitrogen and oxygen atoms in total. The molecule has 0 radical (unpaired) electrons. The van der Waals surface area contributed by atoms with Crippen LogP contribution in [0.25, 0.3) is 0 Å². The second-order valence-electron chi connectivity index (χ2n) is 5.32. The van der Waals surface area contributed by atoms with Gasteiger partial charge in [0, 0.05) is 12.0 Å². The van der Waals surface area contributed by atoms with E-state index < -0.39 is 0 Å². The molecule has 0 amide bonds. The summed E-state index contributed by atoms with van der Waals surface area (Å²) in [5.41, 5.74) is 2.06. The van der Waals surface area contributed by atoms with E-state index in [2.05, 4.69) is 18.7 Å². The number of hydrogen-bond acceptors (Lipinski definition) is 1. The van der Waals surface area contributed by atoms with E-state index in [1.807, 2.05) is 54.6 Å². The molecule has 0 aliphatic heterocycles. The molecule has 21 heavy (non-hydrogen) atoms. The highest BCUT2D eigenvalue weighted by atomic mass is 16.1. The number of carbonyl (C=O) groups excluding carboxylic acids is 1. The van der Waals surface area contributed by atoms with Gasteiger partial charge < -0.3 is 0 Å². The van der Waals surface area contributed by atoms with Crippen LogP contribution in [-0.2, 0) is 0 Å². The maximum absolute atomic E-state index is 12.4. The third-order valence-corrected chi connectivity index (χ3v) is 3.76. The highest BCUT2D eigenvalue weighted by molar-refractivity contribution is 5.96. The molecule has 0 aromatic heterocycles. The predicted molar refractivity (Wildman–Crippen MR) is 88.6 cm³/mol. The SMILES string of the molecule is C=CCCCC(CC(=O)c1ccccc1)c1ccccc1. The van der Waals surface area contributed by atoms with Gasteiger partial charge in [-0.05, 0) is 30.7 Å². The van der Waals surface area contributed by atoms with Crippen LogP contribution in [0.5, 0.6) is 0 Å². The molecule has 0 aliphatic carbocycles. The Balaban J connectivity index is 2.08. The van der Waals surface area contributed by atoms with Crippen LogP contribution in [0.2, 0.25) is 0 Å². The van der Waals surface area contributed by atoms with E-state index in [9.17, 15) is 4.79 Å². The lowest BCUT2D eigenvalue weighted by Gasteiger charge is -2.16. The molecule has 0 bridgehead atoms. The number of rotatable bonds is 8. The summed E-state index contributed by atoms with van der Waals surface area (Å²) in [6, 6.07) is 19.9. The van der Waals surface area contributed by atoms with Crippen LogP contribution in [0.1, 0.15) is 47.5 Å². The first-order chi connectivity index (χ1) is 10.3. The van der Waals surface area contributed by atoms with Crippen molar-refractivity contribution in [3.05, 3.63) is 84.4 Å². The summed E-state index contributed by atoms with van der Waals surface area (Å²) in [4.78, 5) is 12.4. The maximum atomic E-state index is 12.4. The van der Waals surface area contributed by atoms with Crippen molar-refractivity contribution in [2.45, 2.75) is 31.6 Å². The fourth-order valence-corrected chi connectivity index (χ4v) is 2.59. The van der Waals surface area contributed by atoms with Crippen LogP contribution in [0, 0.1) is 0 Å². The summed E-state index contributed by atoms with van der Waals surface area (Å²) >= 11 is 0. The maximum Gasteiger partial charge on any atom is 0.163 e. The average molecular weight is 278 g/mol. The van der Waals surface area contributed by atoms with Gasteiger partial charge in [0.15, 0.2) is 5.78 Å². The van der Waals surface area contributed by atoms with Crippen molar-refractivity contribution >= 4 is 5.78 Å². The number of allylic oxidation sites excluding steroid dienone is 1. The molecule has 0 saturated heterocycles. The van der Waals surface area contributed by atoms with Crippen LogP contribution in [0.15, 0.2) is 73.3 Å². The zero-order chi connectivity index (χ0) is 14.9. The van der Waals surface area contributed by atoms with Crippen molar-refractivity contribution in [2.75, 3.05) is 0 Å². The van der Waals surface area contributed by atoms with Gasteiger partial charge >= 0.3 is 0 Å². The summed E-state index contributed by atoms with van der Waals surface area (Å²) in [6.07, 6.45) is 5.62. The second-order valence-corrected chi connectivity index (χ2v) is 5.32. The number of hydrogen-bond donors (Lipinski definition) is 0. The molecule has 0 aliphatic rings. The average Bonchev–Trinajstić information content (AvgIpc) is 2.55. The van der Waals surface area contributed by atoms with Gasteiger partial charge in [0.2, 0.25) is 0 Å². The van der Waals surface area contributed by atoms with Crippen LogP contribution in [0.3, 0.4) is 0 Å². The predicted octanol–water partition coefficient (Wildman–Crippen LogP) is 5.40. The molecule has 108 valence electrons. The standard InChI is InChI=1S/C20H22O/c1-2-3-6-15-19(17-11-7-4-8-12-17)16-20(21)18-13-9-5-10-14-18/h2,4-5,7-14,19H,1,3,6,15-16H2. The number of ketones is 1. The van der Waals surface area contributed by atoms with Gasteiger partial charge in [-0.2, -0.15) is 0 Å². The highest BCUT2D eigenvalue weighted by Gasteiger charge is 2.16. The first kappa shape index (κ1) is 15.2. The lowest BCUT2D eigenvalue weighted by molar-refractivity contribution is 0.0972. The normalized spacial score (nSPS) is 11.8. The van der Waals surface area contributed by atoms with Crippen LogP contribution in [-0.4, -0.2) is 5.78 Å². The van der Waals surface area contributed by atoms with E-state index in [-0.39, 0.29) is 5.78 Å². The summed E-state index contributed by atoms with van der Waals surface area (Å²) < 4.78 is 0. The first-order valence-electron chi connectivity index (χ1n) is 7.55. The van der Waals surface area contributed by atoms with Gasteiger partial charge in [0.05, 0.1) is 0 Å². The minimum absolute atomic E-state index is 0.225. The van der Waals surface area contributed by atoms with E-state index >= 15 is 0 Å². The quantitative estimate of drug-likeness (QED) is 0.359. The van der Waals surface area contributed by atoms with Crippen molar-refractivity contribution in [2.24, 2.45) is 0 Å². The third-order valence-electron chi connectivity index (χ3n) is 3.76. The molecule has 1 atom stereocenters. The molecule has 0 fully saturated rings. The molecule has 1 unspecified atom stereocenters. The van der Waals surface area contributed by atoms with Gasteiger partial charge in [-0.15, -0.1) is 6.58 Å². The molecular formula is C20H22O. The summed E-state index contributed by atoms with van der Waals surface area (Å²) in [5, 5.41) is 0. The number of carbonyl (C=O) groups is 1. The van der Waals surface area contributed by atoms with Crippen molar-refractivity contribution in [1.82, 2.24) is 0 Å². The van der Waals surface area contributed by atoms with E-state index in [1.165, 1.54) is 5.56 Å². The van der Waals surface area contributed by atoms with Crippen molar-refractivity contribution in [3.63, 3.8) is 0 Å². The fourth-order valence-electron chi connectivity index (χ4n) is 2.59. The third kappa shape index (κ3) is 4.71. The van der Waals surface area contributed by atoms with E-state index in [1.54, 1.807) is 0 Å². The lowest BCUT2D eigenvalue weighted by atomic mass is 9.87. The van der Waals surface area contributed by atoms with Crippen molar-refractivity contribution in [3.8, 4) is 0 Å². The Morgan fingerprint density at radius 3 is 2.24 bits per heavy atom. The smallest absolute Gasteiger partial charge is 0.163 e. The van der Waals surface area contributed by atoms with E-state index in [4.69, 9.17) is 0 Å². The Labute approximate surface area is 127 Å². The molecule has 0 N–H and O–H groups in total. The van der Waals surface area contributed by atoms with Crippen LogP contribution < -0.4 is 0 Å². The lowest BCUT2D eigenvalue weighted by Crippen LogP contribution is -2.08. The summed E-state index contributed by atoms with van der Waals surface area (Å²) in [7, 11) is 0. The van der Waals surface area contributed by atoms with E-state index in [0.717, 1.165) is 24.8 Å². The minimum atomic E-state index is 0.225. The Kier molecular flexibility index (Phi) is 5.96. The Bertz CT molecular complexity index is 557. The molecule has 2 aromatic rings. The number of unbranched alkanes of at least 4 members (excludes halogenated alkanes) is 1. The van der Waals surface area contributed by atoms with Crippen molar-refractivity contribution in [1.29, 1.82) is 0 Å². The summed E-state index contributed by atoms with van der Waals surface area (Å²) in [6.45, 7) is 3.77. The van der Waals surface area contributed by atoms with Gasteiger partial charge in [-0.1, -0.05) is 66.7 Å². The molecule has 0 heterocycles. The van der Waals surface area contributed by atoms with Crippen LogP contribution >= 0.6 is 0 Å². The molecule has 2 aromatic carbocycles. The van der Waals surface area contributed by atoms with Gasteiger partial charge in [0.25, 0.3) is 0 Å². The molecular weight excluding hydrogens is 256 g/mol. The Hall–Kier alpha value is -2.15. The first-order valence-corrected chi connectivity index (χ1v) is 7.55.